The van der Waals surface area contributed by atoms with E-state index in [1.165, 1.54) is 0 Å². The third-order valence-corrected chi connectivity index (χ3v) is 9.53. The van der Waals surface area contributed by atoms with Gasteiger partial charge in [-0.15, -0.1) is 0 Å². The van der Waals surface area contributed by atoms with E-state index < -0.39 is 49.5 Å². The molecule has 0 aromatic heterocycles. The molecule has 2 spiro atoms. The Morgan fingerprint density at radius 1 is 1.28 bits per heavy atom. The van der Waals surface area contributed by atoms with Crippen molar-refractivity contribution in [3.05, 3.63) is 11.1 Å². The monoisotopic (exact) mass is 472 g/mol. The summed E-state index contributed by atoms with van der Waals surface area (Å²) in [5.74, 6) is -0.534. The molecule has 3 heterocycles. The van der Waals surface area contributed by atoms with E-state index >= 15 is 0 Å². The highest BCUT2D eigenvalue weighted by atomic mass is 31.2. The van der Waals surface area contributed by atoms with E-state index in [-0.39, 0.29) is 29.8 Å². The molecule has 4 fully saturated rings. The van der Waals surface area contributed by atoms with Crippen LogP contribution in [0.1, 0.15) is 40.0 Å². The molecule has 0 aromatic rings. The van der Waals surface area contributed by atoms with Crippen LogP contribution in [0.2, 0.25) is 0 Å². The van der Waals surface area contributed by atoms with Crippen molar-refractivity contribution in [2.45, 2.75) is 75.7 Å². The average Bonchev–Trinajstić information content (AvgIpc) is 3.57. The van der Waals surface area contributed by atoms with Gasteiger partial charge in [-0.25, -0.2) is 9.36 Å². The Hall–Kier alpha value is -0.840. The summed E-state index contributed by atoms with van der Waals surface area (Å²) in [6.45, 7) is 5.78. The molecule has 11 heteroatoms. The summed E-state index contributed by atoms with van der Waals surface area (Å²) < 4.78 is 40.0. The van der Waals surface area contributed by atoms with Crippen LogP contribution in [0, 0.1) is 23.2 Å². The van der Waals surface area contributed by atoms with E-state index in [1.807, 2.05) is 13.8 Å². The van der Waals surface area contributed by atoms with Crippen LogP contribution in [0.5, 0.6) is 0 Å². The van der Waals surface area contributed by atoms with Gasteiger partial charge in [-0.1, -0.05) is 20.8 Å². The van der Waals surface area contributed by atoms with Crippen LogP contribution in [0.15, 0.2) is 11.1 Å². The number of aliphatic hydroxyl groups excluding tert-OH is 1. The van der Waals surface area contributed by atoms with E-state index in [4.69, 9.17) is 28.7 Å². The van der Waals surface area contributed by atoms with Crippen molar-refractivity contribution in [3.8, 4) is 0 Å². The van der Waals surface area contributed by atoms with Crippen LogP contribution in [0.25, 0.3) is 0 Å². The summed E-state index contributed by atoms with van der Waals surface area (Å²) in [7, 11) is -4.71. The van der Waals surface area contributed by atoms with Gasteiger partial charge in [0.05, 0.1) is 12.2 Å². The molecule has 3 aliphatic heterocycles. The van der Waals surface area contributed by atoms with Crippen molar-refractivity contribution in [1.29, 1.82) is 0 Å². The number of phosphoric acid groups is 1. The topological polar surface area (TPSA) is 148 Å². The fraction of sp³-hybridized carbons (Fsp3) is 0.857. The number of cyclic esters (lactones) is 1. The summed E-state index contributed by atoms with van der Waals surface area (Å²) in [6, 6.07) is 0. The first-order chi connectivity index (χ1) is 15.0. The molecule has 0 radical (unpaired) electrons. The SMILES string of the molecule is CC(C)C1[C@@H](O)[C@@H]2O[C@]23C2(OC2C[C@H]2C4=C(CC[C@@]23C)C(=O)OC4)[C@@H]1OCOP(=O)(O)O. The minimum atomic E-state index is -4.71. The van der Waals surface area contributed by atoms with Crippen LogP contribution < -0.4 is 0 Å². The molecule has 3 N–H and O–H groups in total. The van der Waals surface area contributed by atoms with Gasteiger partial charge in [-0.2, -0.15) is 0 Å². The number of epoxide rings is 2. The van der Waals surface area contributed by atoms with Gasteiger partial charge < -0.3 is 33.8 Å². The number of carbonyl (C=O) groups excluding carboxylic acids is 1. The fourth-order valence-electron chi connectivity index (χ4n) is 7.75. The molecule has 0 bridgehead atoms. The first-order valence-electron chi connectivity index (χ1n) is 11.2. The van der Waals surface area contributed by atoms with Crippen molar-refractivity contribution in [2.75, 3.05) is 13.4 Å². The van der Waals surface area contributed by atoms with Crippen LogP contribution in [-0.4, -0.2) is 69.9 Å². The molecule has 0 amide bonds. The van der Waals surface area contributed by atoms with Crippen LogP contribution in [-0.2, 0) is 32.8 Å². The fourth-order valence-corrected chi connectivity index (χ4v) is 7.95. The highest BCUT2D eigenvalue weighted by molar-refractivity contribution is 7.46. The number of hydrogen-bond acceptors (Lipinski definition) is 8. The molecule has 6 aliphatic rings. The molecule has 10 nitrogen and oxygen atoms in total. The molecule has 3 aliphatic carbocycles. The number of fused-ring (bicyclic) bond motifs is 2. The Morgan fingerprint density at radius 2 is 2.03 bits per heavy atom. The molecule has 2 saturated carbocycles. The van der Waals surface area contributed by atoms with E-state index in [1.54, 1.807) is 0 Å². The van der Waals surface area contributed by atoms with Crippen molar-refractivity contribution in [1.82, 2.24) is 0 Å². The second-order valence-corrected chi connectivity index (χ2v) is 11.8. The maximum atomic E-state index is 12.2. The minimum Gasteiger partial charge on any atom is -0.458 e. The van der Waals surface area contributed by atoms with Crippen molar-refractivity contribution >= 4 is 13.8 Å². The zero-order chi connectivity index (χ0) is 22.8. The highest BCUT2D eigenvalue weighted by Gasteiger charge is 2.94. The second-order valence-electron chi connectivity index (χ2n) is 10.6. The molecular formula is C21H29O10P. The predicted octanol–water partition coefficient (Wildman–Crippen LogP) is 1.03. The standard InChI is InChI=1S/C21H29O10P/c1-9(2)14-15(22)17-21(31-17)19(3)5-4-10-11(7-27-18(10)23)12(19)6-13-20(21,30-13)16(14)28-8-29-32(24,25)26/h9,12-17,22H,4-8H2,1-3H3,(H2,24,25,26)/t12-,13?,14?,15+,16+,17-,19-,20?,21+/m0/s1. The zero-order valence-corrected chi connectivity index (χ0v) is 19.1. The lowest BCUT2D eigenvalue weighted by molar-refractivity contribution is -0.175. The van der Waals surface area contributed by atoms with Gasteiger partial charge in [0, 0.05) is 16.9 Å². The number of carbonyl (C=O) groups is 1. The molecule has 6 rings (SSSR count). The van der Waals surface area contributed by atoms with Crippen LogP contribution >= 0.6 is 7.82 Å². The molecule has 178 valence electrons. The smallest absolute Gasteiger partial charge is 0.458 e. The van der Waals surface area contributed by atoms with Crippen LogP contribution in [0.3, 0.4) is 0 Å². The first-order valence-corrected chi connectivity index (χ1v) is 12.8. The second kappa shape index (κ2) is 6.43. The Balaban J connectivity index is 1.40. The lowest BCUT2D eigenvalue weighted by atomic mass is 9.46. The summed E-state index contributed by atoms with van der Waals surface area (Å²) in [4.78, 5) is 30.4. The van der Waals surface area contributed by atoms with E-state index in [0.717, 1.165) is 11.1 Å². The number of esters is 1. The number of ether oxygens (including phenoxy) is 4. The molecule has 9 atom stereocenters. The quantitative estimate of drug-likeness (QED) is 0.229. The lowest BCUT2D eigenvalue weighted by Crippen LogP contribution is -2.70. The summed E-state index contributed by atoms with van der Waals surface area (Å²) >= 11 is 0. The van der Waals surface area contributed by atoms with Gasteiger partial charge in [-0.05, 0) is 36.7 Å². The number of phosphoric ester groups is 1. The third-order valence-electron chi connectivity index (χ3n) is 9.09. The van der Waals surface area contributed by atoms with Crippen molar-refractivity contribution < 1.29 is 47.7 Å². The molecule has 2 saturated heterocycles. The van der Waals surface area contributed by atoms with Gasteiger partial charge in [-0.3, -0.25) is 4.52 Å². The maximum Gasteiger partial charge on any atom is 0.471 e. The summed E-state index contributed by atoms with van der Waals surface area (Å²) in [6.07, 6.45) is -0.122. The Morgan fingerprint density at radius 3 is 2.72 bits per heavy atom. The zero-order valence-electron chi connectivity index (χ0n) is 18.2. The molecule has 32 heavy (non-hydrogen) atoms. The van der Waals surface area contributed by atoms with Gasteiger partial charge in [0.2, 0.25) is 0 Å². The lowest BCUT2D eigenvalue weighted by Gasteiger charge is -2.55. The Kier molecular flexibility index (Phi) is 4.35. The van der Waals surface area contributed by atoms with E-state index in [9.17, 15) is 14.5 Å². The third kappa shape index (κ3) is 2.45. The van der Waals surface area contributed by atoms with Gasteiger partial charge in [0.25, 0.3) is 0 Å². The predicted molar refractivity (Wildman–Crippen MR) is 106 cm³/mol. The van der Waals surface area contributed by atoms with E-state index in [0.29, 0.717) is 25.9 Å². The Bertz CT molecular complexity index is 958. The largest absolute Gasteiger partial charge is 0.471 e. The normalized spacial score (nSPS) is 50.8. The van der Waals surface area contributed by atoms with Crippen LogP contribution in [0.4, 0.5) is 0 Å². The Labute approximate surface area is 185 Å². The number of rotatable bonds is 5. The summed E-state index contributed by atoms with van der Waals surface area (Å²) in [5, 5.41) is 11.3. The van der Waals surface area contributed by atoms with Gasteiger partial charge in [0.1, 0.15) is 24.4 Å². The number of aliphatic hydroxyl groups is 1. The van der Waals surface area contributed by atoms with Gasteiger partial charge in [0.15, 0.2) is 12.4 Å². The molecule has 0 aromatic carbocycles. The molecule has 3 unspecified atom stereocenters. The first kappa shape index (κ1) is 21.7. The van der Waals surface area contributed by atoms with Gasteiger partial charge >= 0.3 is 13.8 Å². The summed E-state index contributed by atoms with van der Waals surface area (Å²) in [5.41, 5.74) is -0.217. The number of hydrogen-bond donors (Lipinski definition) is 3. The molecular weight excluding hydrogens is 443 g/mol. The highest BCUT2D eigenvalue weighted by Crippen LogP contribution is 2.79. The minimum absolute atomic E-state index is 0.0125. The van der Waals surface area contributed by atoms with E-state index in [2.05, 4.69) is 11.4 Å². The van der Waals surface area contributed by atoms with Crippen molar-refractivity contribution in [3.63, 3.8) is 0 Å². The van der Waals surface area contributed by atoms with Crippen molar-refractivity contribution in [2.24, 2.45) is 23.2 Å². The maximum absolute atomic E-state index is 12.2. The average molecular weight is 472 g/mol.